The van der Waals surface area contributed by atoms with Crippen molar-refractivity contribution in [3.63, 3.8) is 0 Å². The number of hydrogen-bond donors (Lipinski definition) is 0. The lowest BCUT2D eigenvalue weighted by Crippen LogP contribution is -2.19. The first-order chi connectivity index (χ1) is 9.21. The zero-order chi connectivity index (χ0) is 15.2. The van der Waals surface area contributed by atoms with Crippen LogP contribution in [0.25, 0.3) is 0 Å². The smallest absolute Gasteiger partial charge is 0.207 e. The van der Waals surface area contributed by atoms with Crippen LogP contribution in [0.15, 0.2) is 17.0 Å². The Morgan fingerprint density at radius 2 is 1.70 bits per heavy atom. The molecule has 4 heteroatoms. The van der Waals surface area contributed by atoms with Crippen molar-refractivity contribution in [2.75, 3.05) is 0 Å². The maximum absolute atomic E-state index is 12.9. The average molecular weight is 291 g/mol. The van der Waals surface area contributed by atoms with Gasteiger partial charge in [-0.25, -0.2) is 8.42 Å². The van der Waals surface area contributed by atoms with Crippen molar-refractivity contribution in [1.29, 1.82) is 0 Å². The highest BCUT2D eigenvalue weighted by Gasteiger charge is 2.56. The monoisotopic (exact) mass is 291 g/mol. The van der Waals surface area contributed by atoms with E-state index in [0.29, 0.717) is 4.90 Å². The molecule has 1 aromatic carbocycles. The molecule has 1 saturated heterocycles. The van der Waals surface area contributed by atoms with E-state index in [1.54, 1.807) is 0 Å². The predicted molar refractivity (Wildman–Crippen MR) is 80.9 cm³/mol. The summed E-state index contributed by atoms with van der Waals surface area (Å²) in [7, 11) is -3.51. The molecule has 0 amide bonds. The number of aryl methyl sites for hydroxylation is 3. The highest BCUT2D eigenvalue weighted by atomic mass is 32.2. The fraction of sp³-hybridized carbons (Fsp3) is 0.500. The molecule has 0 radical (unpaired) electrons. The number of terminal acetylenes is 1. The molecule has 0 saturated carbocycles. The summed E-state index contributed by atoms with van der Waals surface area (Å²) in [6.07, 6.45) is 5.47. The van der Waals surface area contributed by atoms with Crippen LogP contribution in [-0.4, -0.2) is 24.8 Å². The van der Waals surface area contributed by atoms with Crippen molar-refractivity contribution in [2.45, 2.75) is 51.6 Å². The van der Waals surface area contributed by atoms with Gasteiger partial charge in [0.2, 0.25) is 10.0 Å². The molecule has 0 aliphatic carbocycles. The van der Waals surface area contributed by atoms with Crippen molar-refractivity contribution in [1.82, 2.24) is 4.31 Å². The first-order valence-corrected chi connectivity index (χ1v) is 8.23. The summed E-state index contributed by atoms with van der Waals surface area (Å²) < 4.78 is 27.2. The van der Waals surface area contributed by atoms with Gasteiger partial charge in [0.15, 0.2) is 0 Å². The van der Waals surface area contributed by atoms with Crippen LogP contribution in [-0.2, 0) is 10.0 Å². The van der Waals surface area contributed by atoms with Crippen LogP contribution < -0.4 is 0 Å². The topological polar surface area (TPSA) is 37.1 Å². The van der Waals surface area contributed by atoms with Crippen LogP contribution in [0, 0.1) is 39.0 Å². The third-order valence-corrected chi connectivity index (χ3v) is 5.98. The fourth-order valence-corrected chi connectivity index (χ4v) is 5.30. The summed E-state index contributed by atoms with van der Waals surface area (Å²) >= 11 is 0. The van der Waals surface area contributed by atoms with E-state index in [2.05, 4.69) is 5.92 Å². The van der Waals surface area contributed by atoms with E-state index in [-0.39, 0.29) is 18.0 Å². The van der Waals surface area contributed by atoms with Gasteiger partial charge in [-0.15, -0.1) is 6.42 Å². The molecule has 3 nitrogen and oxygen atoms in total. The van der Waals surface area contributed by atoms with Crippen LogP contribution in [0.3, 0.4) is 0 Å². The fourth-order valence-electron chi connectivity index (χ4n) is 3.05. The molecular formula is C16H21NO2S. The Balaban J connectivity index is 2.51. The molecule has 1 fully saturated rings. The maximum Gasteiger partial charge on any atom is 0.245 e. The Morgan fingerprint density at radius 3 is 2.05 bits per heavy atom. The summed E-state index contributed by atoms with van der Waals surface area (Å²) in [6.45, 7) is 9.64. The number of nitrogens with zero attached hydrogens (tertiary/aromatic N) is 1. The normalized spacial score (nSPS) is 25.6. The molecule has 20 heavy (non-hydrogen) atoms. The number of sulfonamides is 1. The molecule has 108 valence electrons. The Bertz CT molecular complexity index is 660. The maximum atomic E-state index is 12.9. The highest BCUT2D eigenvalue weighted by Crippen LogP contribution is 2.41. The minimum Gasteiger partial charge on any atom is -0.207 e. The molecular weight excluding hydrogens is 270 g/mol. The summed E-state index contributed by atoms with van der Waals surface area (Å²) in [5.41, 5.74) is 2.64. The van der Waals surface area contributed by atoms with Gasteiger partial charge >= 0.3 is 0 Å². The van der Waals surface area contributed by atoms with Crippen molar-refractivity contribution >= 4 is 10.0 Å². The van der Waals surface area contributed by atoms with E-state index >= 15 is 0 Å². The van der Waals surface area contributed by atoms with Gasteiger partial charge in [-0.3, -0.25) is 0 Å². The van der Waals surface area contributed by atoms with E-state index in [1.165, 1.54) is 4.31 Å². The second kappa shape index (κ2) is 4.91. The SMILES string of the molecule is C#C[C@H]1[C@H](C(C)C)N1S(=O)(=O)c1c(C)cc(C)cc1C. The number of rotatable bonds is 3. The van der Waals surface area contributed by atoms with Gasteiger partial charge in [0, 0.05) is 0 Å². The van der Waals surface area contributed by atoms with E-state index in [9.17, 15) is 8.42 Å². The Morgan fingerprint density at radius 1 is 1.20 bits per heavy atom. The molecule has 3 atom stereocenters. The summed E-state index contributed by atoms with van der Waals surface area (Å²) in [4.78, 5) is 0.409. The Labute approximate surface area is 122 Å². The third-order valence-electron chi connectivity index (χ3n) is 3.80. The van der Waals surface area contributed by atoms with Crippen LogP contribution >= 0.6 is 0 Å². The van der Waals surface area contributed by atoms with Crippen LogP contribution in [0.5, 0.6) is 0 Å². The molecule has 1 aromatic rings. The first kappa shape index (κ1) is 15.1. The predicted octanol–water partition coefficient (Wildman–Crippen LogP) is 2.64. The standard InChI is InChI=1S/C16H21NO2S/c1-7-14-15(10(2)3)17(14)20(18,19)16-12(5)8-11(4)9-13(16)6/h1,8-10,14-15H,2-6H3/t14-,15-,17?/m0/s1. The lowest BCUT2D eigenvalue weighted by atomic mass is 10.1. The molecule has 2 rings (SSSR count). The first-order valence-electron chi connectivity index (χ1n) is 6.79. The summed E-state index contributed by atoms with van der Waals surface area (Å²) in [6, 6.07) is 3.42. The largest absolute Gasteiger partial charge is 0.245 e. The minimum absolute atomic E-state index is 0.0786. The van der Waals surface area contributed by atoms with Gasteiger partial charge in [-0.05, 0) is 37.8 Å². The molecule has 1 unspecified atom stereocenters. The van der Waals surface area contributed by atoms with Gasteiger partial charge in [0.05, 0.1) is 10.9 Å². The second-order valence-corrected chi connectivity index (χ2v) is 7.69. The molecule has 1 aliphatic rings. The quantitative estimate of drug-likeness (QED) is 0.634. The molecule has 0 aromatic heterocycles. The zero-order valence-corrected chi connectivity index (χ0v) is 13.5. The van der Waals surface area contributed by atoms with Gasteiger partial charge in [0.1, 0.15) is 6.04 Å². The van der Waals surface area contributed by atoms with Crippen molar-refractivity contribution < 1.29 is 8.42 Å². The van der Waals surface area contributed by atoms with Gasteiger partial charge in [0.25, 0.3) is 0 Å². The summed E-state index contributed by atoms with van der Waals surface area (Å²) in [5.74, 6) is 2.81. The number of hydrogen-bond acceptors (Lipinski definition) is 2. The van der Waals surface area contributed by atoms with Crippen molar-refractivity contribution in [2.24, 2.45) is 5.92 Å². The summed E-state index contributed by atoms with van der Waals surface area (Å²) in [5, 5.41) is 0. The zero-order valence-electron chi connectivity index (χ0n) is 12.6. The molecule has 0 bridgehead atoms. The van der Waals surface area contributed by atoms with Gasteiger partial charge < -0.3 is 0 Å². The minimum atomic E-state index is -3.51. The average Bonchev–Trinajstić information content (AvgIpc) is 3.01. The van der Waals surface area contributed by atoms with E-state index in [1.807, 2.05) is 46.8 Å². The molecule has 0 spiro atoms. The Hall–Kier alpha value is -1.31. The third kappa shape index (κ3) is 2.25. The van der Waals surface area contributed by atoms with E-state index < -0.39 is 10.0 Å². The number of benzene rings is 1. The molecule has 1 aliphatic heterocycles. The molecule has 1 heterocycles. The van der Waals surface area contributed by atoms with Gasteiger partial charge in [-0.1, -0.05) is 37.5 Å². The van der Waals surface area contributed by atoms with Crippen molar-refractivity contribution in [3.8, 4) is 12.3 Å². The lowest BCUT2D eigenvalue weighted by Gasteiger charge is -2.14. The highest BCUT2D eigenvalue weighted by molar-refractivity contribution is 7.89. The second-order valence-electron chi connectivity index (χ2n) is 5.91. The van der Waals surface area contributed by atoms with Crippen molar-refractivity contribution in [3.05, 3.63) is 28.8 Å². The van der Waals surface area contributed by atoms with Gasteiger partial charge in [-0.2, -0.15) is 4.31 Å². The van der Waals surface area contributed by atoms with E-state index in [0.717, 1.165) is 16.7 Å². The Kier molecular flexibility index (Phi) is 3.70. The lowest BCUT2D eigenvalue weighted by molar-refractivity contribution is 0.517. The van der Waals surface area contributed by atoms with Crippen LogP contribution in [0.2, 0.25) is 0 Å². The van der Waals surface area contributed by atoms with Crippen LogP contribution in [0.1, 0.15) is 30.5 Å². The van der Waals surface area contributed by atoms with Crippen LogP contribution in [0.4, 0.5) is 0 Å². The van der Waals surface area contributed by atoms with E-state index in [4.69, 9.17) is 6.42 Å². The molecule has 0 N–H and O–H groups in total.